The van der Waals surface area contributed by atoms with Gasteiger partial charge in [0.05, 0.1) is 5.69 Å². The van der Waals surface area contributed by atoms with Gasteiger partial charge in [-0.1, -0.05) is 28.1 Å². The molecule has 9 heteroatoms. The highest BCUT2D eigenvalue weighted by Crippen LogP contribution is 2.28. The maximum Gasteiger partial charge on any atom is 0.573 e. The van der Waals surface area contributed by atoms with Gasteiger partial charge in [0, 0.05) is 4.47 Å². The zero-order chi connectivity index (χ0) is 18.9. The van der Waals surface area contributed by atoms with Crippen LogP contribution >= 0.6 is 28.1 Å². The molecule has 2 aromatic carbocycles. The molecule has 0 unspecified atom stereocenters. The van der Waals surface area contributed by atoms with Crippen molar-refractivity contribution in [2.45, 2.75) is 6.36 Å². The normalized spacial score (nSPS) is 16.2. The molecule has 0 atom stereocenters. The average Bonchev–Trinajstić information content (AvgIpc) is 2.81. The number of carbonyl (C=O) groups is 1. The summed E-state index contributed by atoms with van der Waals surface area (Å²) in [7, 11) is 0. The monoisotopic (exact) mass is 442 g/mol. The van der Waals surface area contributed by atoms with Crippen LogP contribution in [-0.2, 0) is 4.79 Å². The summed E-state index contributed by atoms with van der Waals surface area (Å²) in [5.41, 5.74) is 1.39. The molecule has 1 heterocycles. The van der Waals surface area contributed by atoms with Crippen molar-refractivity contribution in [3.8, 4) is 5.75 Å². The Morgan fingerprint density at radius 2 is 1.85 bits per heavy atom. The second kappa shape index (κ2) is 7.08. The predicted molar refractivity (Wildman–Crippen MR) is 98.5 cm³/mol. The van der Waals surface area contributed by atoms with Crippen molar-refractivity contribution in [3.63, 3.8) is 0 Å². The number of thiocarbonyl (C=S) groups is 1. The molecule has 1 fully saturated rings. The van der Waals surface area contributed by atoms with Crippen molar-refractivity contribution in [1.82, 2.24) is 5.32 Å². The summed E-state index contributed by atoms with van der Waals surface area (Å²) in [6.45, 7) is 0. The van der Waals surface area contributed by atoms with Crippen LogP contribution in [0.4, 0.5) is 18.9 Å². The lowest BCUT2D eigenvalue weighted by molar-refractivity contribution is -0.274. The van der Waals surface area contributed by atoms with Crippen molar-refractivity contribution in [2.24, 2.45) is 0 Å². The van der Waals surface area contributed by atoms with Crippen molar-refractivity contribution in [3.05, 3.63) is 64.3 Å². The quantitative estimate of drug-likeness (QED) is 0.556. The minimum Gasteiger partial charge on any atom is -0.406 e. The molecule has 1 aliphatic heterocycles. The van der Waals surface area contributed by atoms with Crippen LogP contribution < -0.4 is 15.0 Å². The third kappa shape index (κ3) is 4.23. The van der Waals surface area contributed by atoms with Gasteiger partial charge in [0.25, 0.3) is 5.91 Å². The average molecular weight is 443 g/mol. The van der Waals surface area contributed by atoms with Crippen LogP contribution in [0, 0.1) is 0 Å². The Kier molecular flexibility index (Phi) is 5.01. The van der Waals surface area contributed by atoms with Gasteiger partial charge in [-0.15, -0.1) is 13.2 Å². The van der Waals surface area contributed by atoms with Crippen molar-refractivity contribution < 1.29 is 22.7 Å². The Morgan fingerprint density at radius 1 is 1.15 bits per heavy atom. The van der Waals surface area contributed by atoms with Gasteiger partial charge in [-0.05, 0) is 60.3 Å². The summed E-state index contributed by atoms with van der Waals surface area (Å²) in [4.78, 5) is 13.8. The number of nitrogens with zero attached hydrogens (tertiary/aromatic N) is 1. The number of carbonyl (C=O) groups excluding carboxylic acids is 1. The topological polar surface area (TPSA) is 41.6 Å². The van der Waals surface area contributed by atoms with E-state index in [1.165, 1.54) is 17.0 Å². The maximum atomic E-state index is 12.6. The summed E-state index contributed by atoms with van der Waals surface area (Å²) in [6, 6.07) is 12.2. The third-order valence-corrected chi connectivity index (χ3v) is 4.14. The summed E-state index contributed by atoms with van der Waals surface area (Å²) >= 11 is 8.52. The van der Waals surface area contributed by atoms with Crippen LogP contribution in [0.15, 0.2) is 58.7 Å². The largest absolute Gasteiger partial charge is 0.573 e. The van der Waals surface area contributed by atoms with E-state index >= 15 is 0 Å². The molecule has 1 saturated heterocycles. The van der Waals surface area contributed by atoms with E-state index in [1.807, 2.05) is 24.3 Å². The first-order valence-electron chi connectivity index (χ1n) is 7.21. The summed E-state index contributed by atoms with van der Waals surface area (Å²) in [5, 5.41) is 2.95. The lowest BCUT2D eigenvalue weighted by atomic mass is 10.2. The first-order valence-corrected chi connectivity index (χ1v) is 8.41. The minimum atomic E-state index is -4.78. The molecule has 0 aromatic heterocycles. The van der Waals surface area contributed by atoms with Gasteiger partial charge in [-0.3, -0.25) is 9.69 Å². The molecule has 1 N–H and O–H groups in total. The Morgan fingerprint density at radius 3 is 2.46 bits per heavy atom. The van der Waals surface area contributed by atoms with Gasteiger partial charge in [-0.2, -0.15) is 0 Å². The third-order valence-electron chi connectivity index (χ3n) is 3.37. The number of hydrogen-bond acceptors (Lipinski definition) is 3. The van der Waals surface area contributed by atoms with Crippen molar-refractivity contribution >= 4 is 50.9 Å². The molecule has 0 radical (unpaired) electrons. The molecule has 26 heavy (non-hydrogen) atoms. The fourth-order valence-corrected chi connectivity index (χ4v) is 3.04. The van der Waals surface area contributed by atoms with E-state index in [0.717, 1.165) is 22.2 Å². The lowest BCUT2D eigenvalue weighted by Gasteiger charge is -2.15. The van der Waals surface area contributed by atoms with E-state index in [-0.39, 0.29) is 16.6 Å². The van der Waals surface area contributed by atoms with E-state index in [2.05, 4.69) is 26.0 Å². The predicted octanol–water partition coefficient (Wildman–Crippen LogP) is 4.61. The highest BCUT2D eigenvalue weighted by molar-refractivity contribution is 9.10. The Hall–Kier alpha value is -2.39. The lowest BCUT2D eigenvalue weighted by Crippen LogP contribution is -2.30. The Balaban J connectivity index is 1.83. The molecule has 134 valence electrons. The molecule has 0 aliphatic carbocycles. The molecular formula is C17H10BrF3N2O2S. The zero-order valence-electron chi connectivity index (χ0n) is 12.9. The Labute approximate surface area is 160 Å². The second-order valence-corrected chi connectivity index (χ2v) is 6.53. The van der Waals surface area contributed by atoms with Crippen LogP contribution in [0.3, 0.4) is 0 Å². The first kappa shape index (κ1) is 18.4. The number of anilines is 1. The fraction of sp³-hybridized carbons (Fsp3) is 0.0588. The van der Waals surface area contributed by atoms with E-state index in [4.69, 9.17) is 12.2 Å². The number of amides is 1. The van der Waals surface area contributed by atoms with Gasteiger partial charge in [0.15, 0.2) is 5.11 Å². The van der Waals surface area contributed by atoms with Crippen LogP contribution in [-0.4, -0.2) is 17.4 Å². The van der Waals surface area contributed by atoms with Gasteiger partial charge in [-0.25, -0.2) is 0 Å². The van der Waals surface area contributed by atoms with Crippen LogP contribution in [0.25, 0.3) is 6.08 Å². The van der Waals surface area contributed by atoms with E-state index in [9.17, 15) is 18.0 Å². The molecule has 2 aromatic rings. The van der Waals surface area contributed by atoms with Crippen LogP contribution in [0.2, 0.25) is 0 Å². The summed E-state index contributed by atoms with van der Waals surface area (Å²) < 4.78 is 41.4. The molecule has 0 saturated carbocycles. The number of ether oxygens (including phenoxy) is 1. The van der Waals surface area contributed by atoms with Crippen molar-refractivity contribution in [2.75, 3.05) is 4.90 Å². The van der Waals surface area contributed by atoms with Crippen LogP contribution in [0.1, 0.15) is 5.56 Å². The highest BCUT2D eigenvalue weighted by Gasteiger charge is 2.33. The zero-order valence-corrected chi connectivity index (χ0v) is 15.3. The molecule has 3 rings (SSSR count). The van der Waals surface area contributed by atoms with Crippen molar-refractivity contribution in [1.29, 1.82) is 0 Å². The van der Waals surface area contributed by atoms with Crippen LogP contribution in [0.5, 0.6) is 5.75 Å². The molecule has 1 amide bonds. The van der Waals surface area contributed by atoms with E-state index in [1.54, 1.807) is 6.08 Å². The number of hydrogen-bond donors (Lipinski definition) is 1. The SMILES string of the molecule is O=C1/C(=C\c2cccc(Br)c2)NC(=S)N1c1ccc(OC(F)(F)F)cc1. The minimum absolute atomic E-state index is 0.140. The smallest absolute Gasteiger partial charge is 0.406 e. The second-order valence-electron chi connectivity index (χ2n) is 5.23. The number of nitrogens with one attached hydrogen (secondary N) is 1. The molecule has 0 bridgehead atoms. The number of alkyl halides is 3. The fourth-order valence-electron chi connectivity index (χ4n) is 2.33. The molecule has 1 aliphatic rings. The highest BCUT2D eigenvalue weighted by atomic mass is 79.9. The van der Waals surface area contributed by atoms with Gasteiger partial charge >= 0.3 is 6.36 Å². The van der Waals surface area contributed by atoms with E-state index < -0.39 is 12.3 Å². The van der Waals surface area contributed by atoms with E-state index in [0.29, 0.717) is 5.69 Å². The summed E-state index contributed by atoms with van der Waals surface area (Å²) in [5.74, 6) is -0.781. The molecule has 4 nitrogen and oxygen atoms in total. The van der Waals surface area contributed by atoms with Gasteiger partial charge < -0.3 is 10.1 Å². The Bertz CT molecular complexity index is 898. The number of rotatable bonds is 3. The molecule has 0 spiro atoms. The summed E-state index contributed by atoms with van der Waals surface area (Å²) in [6.07, 6.45) is -3.14. The molecular weight excluding hydrogens is 433 g/mol. The van der Waals surface area contributed by atoms with Gasteiger partial charge in [0.1, 0.15) is 11.4 Å². The maximum absolute atomic E-state index is 12.6. The number of halogens is 4. The first-order chi connectivity index (χ1) is 12.2. The standard InChI is InChI=1S/C17H10BrF3N2O2S/c18-11-3-1-2-10(8-11)9-14-15(24)23(16(26)22-14)12-4-6-13(7-5-12)25-17(19,20)21/h1-9H,(H,22,26)/b14-9+. The number of benzene rings is 2. The van der Waals surface area contributed by atoms with Gasteiger partial charge in [0.2, 0.25) is 0 Å².